The van der Waals surface area contributed by atoms with Gasteiger partial charge in [0.15, 0.2) is 0 Å². The van der Waals surface area contributed by atoms with E-state index in [0.29, 0.717) is 24.3 Å². The summed E-state index contributed by atoms with van der Waals surface area (Å²) in [7, 11) is 1.58. The topological polar surface area (TPSA) is 87.7 Å². The molecule has 1 atom stereocenters. The lowest BCUT2D eigenvalue weighted by atomic mass is 10.1. The first-order chi connectivity index (χ1) is 14.0. The summed E-state index contributed by atoms with van der Waals surface area (Å²) >= 11 is 0. The Morgan fingerprint density at radius 3 is 2.52 bits per heavy atom. The first kappa shape index (κ1) is 20.4. The van der Waals surface area contributed by atoms with Crippen LogP contribution in [0.2, 0.25) is 0 Å². The molecule has 152 valence electrons. The van der Waals surface area contributed by atoms with E-state index in [1.165, 1.54) is 0 Å². The minimum absolute atomic E-state index is 0.100. The number of carbonyl (C=O) groups excluding carboxylic acids is 3. The van der Waals surface area contributed by atoms with E-state index < -0.39 is 0 Å². The van der Waals surface area contributed by atoms with Crippen LogP contribution in [0.25, 0.3) is 0 Å². The molecule has 29 heavy (non-hydrogen) atoms. The Morgan fingerprint density at radius 1 is 1.14 bits per heavy atom. The van der Waals surface area contributed by atoms with E-state index in [-0.39, 0.29) is 30.3 Å². The lowest BCUT2D eigenvalue weighted by Gasteiger charge is -2.17. The third-order valence-corrected chi connectivity index (χ3v) is 4.91. The second-order valence-electron chi connectivity index (χ2n) is 6.91. The van der Waals surface area contributed by atoms with Gasteiger partial charge in [-0.05, 0) is 43.7 Å². The molecule has 0 bridgehead atoms. The molecule has 0 aromatic heterocycles. The smallest absolute Gasteiger partial charge is 0.251 e. The quantitative estimate of drug-likeness (QED) is 0.754. The maximum atomic E-state index is 12.3. The van der Waals surface area contributed by atoms with Crippen LogP contribution in [-0.4, -0.2) is 37.9 Å². The van der Waals surface area contributed by atoms with Crippen molar-refractivity contribution < 1.29 is 19.1 Å². The largest absolute Gasteiger partial charge is 0.496 e. The highest BCUT2D eigenvalue weighted by molar-refractivity contribution is 5.98. The average molecular weight is 395 g/mol. The fraction of sp³-hybridized carbons (Fsp3) is 0.318. The summed E-state index contributed by atoms with van der Waals surface area (Å²) in [4.78, 5) is 38.0. The monoisotopic (exact) mass is 395 g/mol. The zero-order valence-corrected chi connectivity index (χ0v) is 16.6. The van der Waals surface area contributed by atoms with Crippen LogP contribution < -0.4 is 20.3 Å². The number of nitrogens with one attached hydrogen (secondary N) is 2. The summed E-state index contributed by atoms with van der Waals surface area (Å²) in [6.45, 7) is 2.43. The standard InChI is InChI=1S/C22H25N3O4/c1-15(18-6-3-4-7-19(18)29-2)24-20(26)14-23-22(28)16-9-11-17(12-10-16)25-13-5-8-21(25)27/h3-4,6-7,9-12,15H,5,8,13-14H2,1-2H3,(H,23,28)(H,24,26). The molecule has 3 amide bonds. The van der Waals surface area contributed by atoms with Crippen LogP contribution in [0.4, 0.5) is 5.69 Å². The second kappa shape index (κ2) is 9.23. The Kier molecular flexibility index (Phi) is 6.49. The van der Waals surface area contributed by atoms with E-state index in [9.17, 15) is 14.4 Å². The van der Waals surface area contributed by atoms with E-state index in [4.69, 9.17) is 4.74 Å². The molecule has 3 rings (SSSR count). The highest BCUT2D eigenvalue weighted by Crippen LogP contribution is 2.24. The molecule has 0 aliphatic carbocycles. The van der Waals surface area contributed by atoms with Crippen molar-refractivity contribution in [2.24, 2.45) is 0 Å². The van der Waals surface area contributed by atoms with Gasteiger partial charge in [0, 0.05) is 29.8 Å². The van der Waals surface area contributed by atoms with E-state index in [0.717, 1.165) is 17.7 Å². The lowest BCUT2D eigenvalue weighted by molar-refractivity contribution is -0.120. The molecule has 2 aromatic carbocycles. The second-order valence-corrected chi connectivity index (χ2v) is 6.91. The van der Waals surface area contributed by atoms with Gasteiger partial charge in [-0.2, -0.15) is 0 Å². The van der Waals surface area contributed by atoms with Crippen LogP contribution >= 0.6 is 0 Å². The number of carbonyl (C=O) groups is 3. The third-order valence-electron chi connectivity index (χ3n) is 4.91. The van der Waals surface area contributed by atoms with Crippen molar-refractivity contribution in [3.8, 4) is 5.75 Å². The molecule has 2 N–H and O–H groups in total. The summed E-state index contributed by atoms with van der Waals surface area (Å²) in [5.41, 5.74) is 2.08. The highest BCUT2D eigenvalue weighted by atomic mass is 16.5. The molecule has 1 aliphatic heterocycles. The number of nitrogens with zero attached hydrogens (tertiary/aromatic N) is 1. The maximum absolute atomic E-state index is 12.3. The van der Waals surface area contributed by atoms with E-state index >= 15 is 0 Å². The maximum Gasteiger partial charge on any atom is 0.251 e. The molecule has 0 saturated carbocycles. The molecular weight excluding hydrogens is 370 g/mol. The van der Waals surface area contributed by atoms with Gasteiger partial charge in [0.25, 0.3) is 5.91 Å². The number of rotatable bonds is 7. The van der Waals surface area contributed by atoms with Gasteiger partial charge in [-0.25, -0.2) is 0 Å². The van der Waals surface area contributed by atoms with Crippen molar-refractivity contribution in [2.75, 3.05) is 25.1 Å². The Morgan fingerprint density at radius 2 is 1.86 bits per heavy atom. The van der Waals surface area contributed by atoms with Crippen molar-refractivity contribution in [1.82, 2.24) is 10.6 Å². The molecule has 1 fully saturated rings. The minimum Gasteiger partial charge on any atom is -0.496 e. The molecule has 1 heterocycles. The zero-order valence-electron chi connectivity index (χ0n) is 16.6. The summed E-state index contributed by atoms with van der Waals surface area (Å²) in [5, 5.41) is 5.47. The number of methoxy groups -OCH3 is 1. The van der Waals surface area contributed by atoms with Crippen LogP contribution in [0.3, 0.4) is 0 Å². The number of hydrogen-bond donors (Lipinski definition) is 2. The number of ether oxygens (including phenoxy) is 1. The molecule has 2 aromatic rings. The predicted octanol–water partition coefficient (Wildman–Crippen LogP) is 2.43. The summed E-state index contributed by atoms with van der Waals surface area (Å²) in [5.74, 6) is 0.157. The zero-order chi connectivity index (χ0) is 20.8. The highest BCUT2D eigenvalue weighted by Gasteiger charge is 2.21. The minimum atomic E-state index is -0.343. The van der Waals surface area contributed by atoms with Crippen LogP contribution in [0.1, 0.15) is 41.7 Å². The number of amides is 3. The Balaban J connectivity index is 1.52. The lowest BCUT2D eigenvalue weighted by Crippen LogP contribution is -2.38. The third kappa shape index (κ3) is 4.93. The number of anilines is 1. The van der Waals surface area contributed by atoms with Crippen LogP contribution in [-0.2, 0) is 9.59 Å². The van der Waals surface area contributed by atoms with Gasteiger partial charge < -0.3 is 20.3 Å². The van der Waals surface area contributed by atoms with Gasteiger partial charge in [0.05, 0.1) is 19.7 Å². The fourth-order valence-corrected chi connectivity index (χ4v) is 3.37. The molecule has 1 saturated heterocycles. The van der Waals surface area contributed by atoms with Crippen molar-refractivity contribution >= 4 is 23.4 Å². The molecule has 7 nitrogen and oxygen atoms in total. The Bertz CT molecular complexity index is 895. The van der Waals surface area contributed by atoms with Crippen molar-refractivity contribution in [2.45, 2.75) is 25.8 Å². The Labute approximate surface area is 170 Å². The van der Waals surface area contributed by atoms with Crippen LogP contribution in [0.15, 0.2) is 48.5 Å². The average Bonchev–Trinajstić information content (AvgIpc) is 3.17. The number of para-hydroxylation sites is 1. The molecule has 1 unspecified atom stereocenters. The van der Waals surface area contributed by atoms with E-state index in [1.54, 1.807) is 36.3 Å². The van der Waals surface area contributed by atoms with E-state index in [1.807, 2.05) is 31.2 Å². The number of hydrogen-bond acceptors (Lipinski definition) is 4. The predicted molar refractivity (Wildman–Crippen MR) is 110 cm³/mol. The summed E-state index contributed by atoms with van der Waals surface area (Å²) in [6, 6.07) is 14.0. The fourth-order valence-electron chi connectivity index (χ4n) is 3.37. The Hall–Kier alpha value is -3.35. The van der Waals surface area contributed by atoms with Crippen LogP contribution in [0.5, 0.6) is 5.75 Å². The van der Waals surface area contributed by atoms with Gasteiger partial charge in [-0.1, -0.05) is 18.2 Å². The molecular formula is C22H25N3O4. The summed E-state index contributed by atoms with van der Waals surface area (Å²) < 4.78 is 5.31. The van der Waals surface area contributed by atoms with Gasteiger partial charge in [0.2, 0.25) is 11.8 Å². The van der Waals surface area contributed by atoms with Crippen molar-refractivity contribution in [1.29, 1.82) is 0 Å². The SMILES string of the molecule is COc1ccccc1C(C)NC(=O)CNC(=O)c1ccc(N2CCCC2=O)cc1. The van der Waals surface area contributed by atoms with Gasteiger partial charge >= 0.3 is 0 Å². The van der Waals surface area contributed by atoms with Crippen LogP contribution in [0, 0.1) is 0 Å². The number of benzene rings is 2. The van der Waals surface area contributed by atoms with Gasteiger partial charge in [0.1, 0.15) is 5.75 Å². The summed E-state index contributed by atoms with van der Waals surface area (Å²) in [6.07, 6.45) is 1.41. The molecule has 1 aliphatic rings. The molecule has 7 heteroatoms. The van der Waals surface area contributed by atoms with Gasteiger partial charge in [-0.3, -0.25) is 14.4 Å². The van der Waals surface area contributed by atoms with Crippen molar-refractivity contribution in [3.63, 3.8) is 0 Å². The van der Waals surface area contributed by atoms with E-state index in [2.05, 4.69) is 10.6 Å². The van der Waals surface area contributed by atoms with Crippen molar-refractivity contribution in [3.05, 3.63) is 59.7 Å². The molecule has 0 spiro atoms. The molecule has 0 radical (unpaired) electrons. The first-order valence-corrected chi connectivity index (χ1v) is 9.60. The normalized spacial score (nSPS) is 14.4. The first-order valence-electron chi connectivity index (χ1n) is 9.60. The van der Waals surface area contributed by atoms with Gasteiger partial charge in [-0.15, -0.1) is 0 Å².